The molecule has 0 saturated carbocycles. The highest BCUT2D eigenvalue weighted by Gasteiger charge is 2.23. The molecule has 0 aliphatic carbocycles. The fraction of sp³-hybridized carbons (Fsp3) is 0.250. The zero-order valence-electron chi connectivity index (χ0n) is 11.8. The SMILES string of the molecule is CCOc1ccc(C(C#N)C(=O)c2cc(OC)cs2)cc1. The van der Waals surface area contributed by atoms with Crippen molar-refractivity contribution < 1.29 is 14.3 Å². The number of nitrogens with zero attached hydrogens (tertiary/aromatic N) is 1. The van der Waals surface area contributed by atoms with E-state index < -0.39 is 5.92 Å². The standard InChI is InChI=1S/C16H15NO3S/c1-3-20-12-6-4-11(5-7-12)14(9-17)16(18)15-8-13(19-2)10-21-15/h4-8,10,14H,3H2,1-2H3. The second-order valence-electron chi connectivity index (χ2n) is 4.28. The van der Waals surface area contributed by atoms with E-state index in [0.29, 0.717) is 22.8 Å². The maximum Gasteiger partial charge on any atom is 0.194 e. The number of methoxy groups -OCH3 is 1. The average Bonchev–Trinajstić information content (AvgIpc) is 2.99. The quantitative estimate of drug-likeness (QED) is 0.764. The molecule has 0 aliphatic rings. The van der Waals surface area contributed by atoms with Crippen LogP contribution in [0.2, 0.25) is 0 Å². The molecule has 21 heavy (non-hydrogen) atoms. The molecule has 0 saturated heterocycles. The monoisotopic (exact) mass is 301 g/mol. The largest absolute Gasteiger partial charge is 0.496 e. The minimum atomic E-state index is -0.816. The number of Topliss-reactive ketones (excluding diaryl/α,β-unsaturated/α-hetero) is 1. The third-order valence-corrected chi connectivity index (χ3v) is 3.89. The molecule has 0 radical (unpaired) electrons. The second-order valence-corrected chi connectivity index (χ2v) is 5.19. The number of hydrogen-bond donors (Lipinski definition) is 0. The molecule has 0 amide bonds. The summed E-state index contributed by atoms with van der Waals surface area (Å²) in [4.78, 5) is 12.9. The lowest BCUT2D eigenvalue weighted by Crippen LogP contribution is -2.09. The van der Waals surface area contributed by atoms with Gasteiger partial charge in [0.05, 0.1) is 24.7 Å². The number of carbonyl (C=O) groups is 1. The van der Waals surface area contributed by atoms with Gasteiger partial charge in [-0.25, -0.2) is 0 Å². The van der Waals surface area contributed by atoms with Crippen molar-refractivity contribution in [1.29, 1.82) is 5.26 Å². The Hall–Kier alpha value is -2.32. The van der Waals surface area contributed by atoms with E-state index >= 15 is 0 Å². The molecular weight excluding hydrogens is 286 g/mol. The Morgan fingerprint density at radius 1 is 1.33 bits per heavy atom. The predicted octanol–water partition coefficient (Wildman–Crippen LogP) is 3.65. The van der Waals surface area contributed by atoms with Crippen molar-refractivity contribution in [2.45, 2.75) is 12.8 Å². The molecular formula is C16H15NO3S. The summed E-state index contributed by atoms with van der Waals surface area (Å²) in [7, 11) is 1.55. The van der Waals surface area contributed by atoms with Crippen LogP contribution in [0.4, 0.5) is 0 Å². The Labute approximate surface area is 127 Å². The minimum Gasteiger partial charge on any atom is -0.496 e. The normalized spacial score (nSPS) is 11.5. The van der Waals surface area contributed by atoms with Crippen LogP contribution in [0.3, 0.4) is 0 Å². The fourth-order valence-corrected chi connectivity index (χ4v) is 2.73. The molecule has 0 spiro atoms. The van der Waals surface area contributed by atoms with Gasteiger partial charge in [-0.3, -0.25) is 4.79 Å². The van der Waals surface area contributed by atoms with Crippen LogP contribution >= 0.6 is 11.3 Å². The Morgan fingerprint density at radius 3 is 2.57 bits per heavy atom. The van der Waals surface area contributed by atoms with E-state index in [1.165, 1.54) is 11.3 Å². The number of benzene rings is 1. The number of ketones is 1. The highest BCUT2D eigenvalue weighted by molar-refractivity contribution is 7.12. The highest BCUT2D eigenvalue weighted by Crippen LogP contribution is 2.28. The summed E-state index contributed by atoms with van der Waals surface area (Å²) in [6.45, 7) is 2.48. The zero-order valence-corrected chi connectivity index (χ0v) is 12.6. The van der Waals surface area contributed by atoms with Crippen molar-refractivity contribution in [2.75, 3.05) is 13.7 Å². The van der Waals surface area contributed by atoms with Gasteiger partial charge in [0.2, 0.25) is 0 Å². The van der Waals surface area contributed by atoms with Crippen LogP contribution in [0, 0.1) is 11.3 Å². The van der Waals surface area contributed by atoms with Crippen molar-refractivity contribution in [3.63, 3.8) is 0 Å². The van der Waals surface area contributed by atoms with Crippen LogP contribution in [0.15, 0.2) is 35.7 Å². The van der Waals surface area contributed by atoms with E-state index in [4.69, 9.17) is 9.47 Å². The molecule has 1 heterocycles. The van der Waals surface area contributed by atoms with Gasteiger partial charge in [-0.1, -0.05) is 12.1 Å². The predicted molar refractivity (Wildman–Crippen MR) is 81.2 cm³/mol. The first-order valence-corrected chi connectivity index (χ1v) is 7.36. The molecule has 5 heteroatoms. The molecule has 1 atom stereocenters. The molecule has 1 aromatic heterocycles. The Bertz CT molecular complexity index is 655. The van der Waals surface area contributed by atoms with Crippen molar-refractivity contribution in [3.8, 4) is 17.6 Å². The lowest BCUT2D eigenvalue weighted by Gasteiger charge is -2.08. The molecule has 1 aromatic carbocycles. The third-order valence-electron chi connectivity index (χ3n) is 2.97. The Morgan fingerprint density at radius 2 is 2.05 bits per heavy atom. The van der Waals surface area contributed by atoms with Gasteiger partial charge < -0.3 is 9.47 Å². The summed E-state index contributed by atoms with van der Waals surface area (Å²) in [6.07, 6.45) is 0. The maximum atomic E-state index is 12.4. The summed E-state index contributed by atoms with van der Waals surface area (Å²) < 4.78 is 10.4. The van der Waals surface area contributed by atoms with E-state index in [2.05, 4.69) is 6.07 Å². The van der Waals surface area contributed by atoms with E-state index in [1.807, 2.05) is 6.92 Å². The van der Waals surface area contributed by atoms with Crippen molar-refractivity contribution >= 4 is 17.1 Å². The maximum absolute atomic E-state index is 12.4. The lowest BCUT2D eigenvalue weighted by atomic mass is 9.95. The van der Waals surface area contributed by atoms with Crippen LogP contribution in [0.1, 0.15) is 28.1 Å². The first-order chi connectivity index (χ1) is 10.2. The van der Waals surface area contributed by atoms with Gasteiger partial charge in [0, 0.05) is 11.4 Å². The van der Waals surface area contributed by atoms with Crippen molar-refractivity contribution in [2.24, 2.45) is 0 Å². The van der Waals surface area contributed by atoms with E-state index in [-0.39, 0.29) is 5.78 Å². The average molecular weight is 301 g/mol. The number of hydrogen-bond acceptors (Lipinski definition) is 5. The van der Waals surface area contributed by atoms with E-state index in [9.17, 15) is 10.1 Å². The first kappa shape index (κ1) is 15.1. The smallest absolute Gasteiger partial charge is 0.194 e. The van der Waals surface area contributed by atoms with Gasteiger partial charge in [0.15, 0.2) is 5.78 Å². The molecule has 0 fully saturated rings. The van der Waals surface area contributed by atoms with Gasteiger partial charge >= 0.3 is 0 Å². The van der Waals surface area contributed by atoms with Gasteiger partial charge in [0.25, 0.3) is 0 Å². The van der Waals surface area contributed by atoms with E-state index in [1.54, 1.807) is 42.8 Å². The molecule has 2 aromatic rings. The molecule has 0 bridgehead atoms. The van der Waals surface area contributed by atoms with Crippen molar-refractivity contribution in [3.05, 3.63) is 46.2 Å². The van der Waals surface area contributed by atoms with E-state index in [0.717, 1.165) is 5.75 Å². The third kappa shape index (κ3) is 3.41. The van der Waals surface area contributed by atoms with Crippen LogP contribution < -0.4 is 9.47 Å². The minimum absolute atomic E-state index is 0.213. The van der Waals surface area contributed by atoms with Gasteiger partial charge in [-0.2, -0.15) is 5.26 Å². The lowest BCUT2D eigenvalue weighted by molar-refractivity contribution is 0.0982. The first-order valence-electron chi connectivity index (χ1n) is 6.48. The number of nitriles is 1. The molecule has 4 nitrogen and oxygen atoms in total. The molecule has 2 rings (SSSR count). The van der Waals surface area contributed by atoms with Crippen LogP contribution in [0.5, 0.6) is 11.5 Å². The van der Waals surface area contributed by atoms with Gasteiger partial charge in [-0.05, 0) is 24.6 Å². The number of rotatable bonds is 6. The molecule has 0 N–H and O–H groups in total. The summed E-state index contributed by atoms with van der Waals surface area (Å²) in [5, 5.41) is 11.1. The second kappa shape index (κ2) is 6.91. The summed E-state index contributed by atoms with van der Waals surface area (Å²) >= 11 is 1.28. The van der Waals surface area contributed by atoms with Gasteiger partial charge in [0.1, 0.15) is 17.4 Å². The highest BCUT2D eigenvalue weighted by atomic mass is 32.1. The summed E-state index contributed by atoms with van der Waals surface area (Å²) in [6, 6.07) is 10.8. The summed E-state index contributed by atoms with van der Waals surface area (Å²) in [5.74, 6) is 0.328. The van der Waals surface area contributed by atoms with Gasteiger partial charge in [-0.15, -0.1) is 11.3 Å². The number of carbonyl (C=O) groups excluding carboxylic acids is 1. The Kier molecular flexibility index (Phi) is 4.96. The van der Waals surface area contributed by atoms with Crippen molar-refractivity contribution in [1.82, 2.24) is 0 Å². The van der Waals surface area contributed by atoms with Crippen LogP contribution in [0.25, 0.3) is 0 Å². The number of thiophene rings is 1. The molecule has 0 aliphatic heterocycles. The van der Waals surface area contributed by atoms with Crippen LogP contribution in [-0.2, 0) is 0 Å². The number of ether oxygens (including phenoxy) is 2. The topological polar surface area (TPSA) is 59.3 Å². The Balaban J connectivity index is 2.22. The summed E-state index contributed by atoms with van der Waals surface area (Å²) in [5.41, 5.74) is 0.665. The molecule has 1 unspecified atom stereocenters. The zero-order chi connectivity index (χ0) is 15.2. The molecule has 108 valence electrons. The van der Waals surface area contributed by atoms with Crippen LogP contribution in [-0.4, -0.2) is 19.5 Å². The fourth-order valence-electron chi connectivity index (χ4n) is 1.91.